The van der Waals surface area contributed by atoms with Crippen molar-refractivity contribution in [3.05, 3.63) is 42.0 Å². The van der Waals surface area contributed by atoms with Crippen molar-refractivity contribution in [1.82, 2.24) is 5.32 Å². The summed E-state index contributed by atoms with van der Waals surface area (Å²) in [6, 6.07) is 9.27. The van der Waals surface area contributed by atoms with Crippen molar-refractivity contribution in [1.29, 1.82) is 0 Å². The van der Waals surface area contributed by atoms with Crippen molar-refractivity contribution in [3.63, 3.8) is 0 Å². The van der Waals surface area contributed by atoms with E-state index in [1.54, 1.807) is 18.2 Å². The normalized spacial score (nSPS) is 26.7. The van der Waals surface area contributed by atoms with Gasteiger partial charge >= 0.3 is 5.97 Å². The molecular weight excluding hydrogens is 382 g/mol. The summed E-state index contributed by atoms with van der Waals surface area (Å²) in [5.41, 5.74) is 0.123. The van der Waals surface area contributed by atoms with E-state index in [0.717, 1.165) is 5.39 Å². The third-order valence-electron chi connectivity index (χ3n) is 4.77. The molecule has 0 unspecified atom stereocenters. The van der Waals surface area contributed by atoms with Crippen LogP contribution < -0.4 is 10.1 Å². The number of aliphatic hydroxyl groups is 3. The molecule has 0 saturated carbocycles. The smallest absolute Gasteiger partial charge is 0.341 e. The van der Waals surface area contributed by atoms with Gasteiger partial charge in [0, 0.05) is 12.3 Å². The van der Waals surface area contributed by atoms with E-state index in [4.69, 9.17) is 14.2 Å². The van der Waals surface area contributed by atoms with Gasteiger partial charge in [0.1, 0.15) is 35.7 Å². The lowest BCUT2D eigenvalue weighted by Crippen LogP contribution is -2.65. The highest BCUT2D eigenvalue weighted by Crippen LogP contribution is 2.33. The molecule has 156 valence electrons. The number of ether oxygens (including phenoxy) is 3. The monoisotopic (exact) mass is 405 g/mol. The lowest BCUT2D eigenvalue weighted by atomic mass is 9.96. The number of carbonyl (C=O) groups is 2. The minimum absolute atomic E-state index is 0.123. The Morgan fingerprint density at radius 3 is 2.52 bits per heavy atom. The van der Waals surface area contributed by atoms with Gasteiger partial charge in [0.2, 0.25) is 12.2 Å². The molecule has 29 heavy (non-hydrogen) atoms. The zero-order valence-electron chi connectivity index (χ0n) is 15.9. The van der Waals surface area contributed by atoms with Crippen LogP contribution in [0.3, 0.4) is 0 Å². The summed E-state index contributed by atoms with van der Waals surface area (Å²) in [4.78, 5) is 23.9. The molecule has 3 rings (SSSR count). The summed E-state index contributed by atoms with van der Waals surface area (Å²) >= 11 is 0. The molecule has 0 spiro atoms. The second-order valence-corrected chi connectivity index (χ2v) is 6.71. The first-order chi connectivity index (χ1) is 13.9. The lowest BCUT2D eigenvalue weighted by Gasteiger charge is -2.42. The maximum absolute atomic E-state index is 12.3. The molecule has 0 aliphatic carbocycles. The Morgan fingerprint density at radius 2 is 1.86 bits per heavy atom. The summed E-state index contributed by atoms with van der Waals surface area (Å²) in [6.07, 6.45) is -5.34. The maximum Gasteiger partial charge on any atom is 0.341 e. The van der Waals surface area contributed by atoms with Gasteiger partial charge in [0.15, 0.2) is 0 Å². The molecule has 9 nitrogen and oxygen atoms in total. The number of hydrogen-bond donors (Lipinski definition) is 4. The van der Waals surface area contributed by atoms with Gasteiger partial charge in [0.05, 0.1) is 13.7 Å². The fourth-order valence-corrected chi connectivity index (χ4v) is 3.33. The van der Waals surface area contributed by atoms with E-state index in [1.807, 2.05) is 12.1 Å². The number of amides is 1. The predicted octanol–water partition coefficient (Wildman–Crippen LogP) is -0.0511. The van der Waals surface area contributed by atoms with Gasteiger partial charge in [-0.05, 0) is 11.5 Å². The predicted molar refractivity (Wildman–Crippen MR) is 101 cm³/mol. The summed E-state index contributed by atoms with van der Waals surface area (Å²) < 4.78 is 16.4. The molecule has 0 radical (unpaired) electrons. The number of hydrogen-bond acceptors (Lipinski definition) is 8. The van der Waals surface area contributed by atoms with Gasteiger partial charge in [-0.2, -0.15) is 0 Å². The minimum Gasteiger partial charge on any atom is -0.465 e. The van der Waals surface area contributed by atoms with E-state index in [9.17, 15) is 24.9 Å². The lowest BCUT2D eigenvalue weighted by molar-refractivity contribution is -0.244. The van der Waals surface area contributed by atoms with Gasteiger partial charge in [-0.25, -0.2) is 4.79 Å². The van der Waals surface area contributed by atoms with Crippen LogP contribution in [0, 0.1) is 0 Å². The Hall–Kier alpha value is -2.72. The van der Waals surface area contributed by atoms with Crippen LogP contribution in [-0.2, 0) is 14.3 Å². The van der Waals surface area contributed by atoms with E-state index in [1.165, 1.54) is 20.1 Å². The van der Waals surface area contributed by atoms with Gasteiger partial charge < -0.3 is 34.8 Å². The molecule has 1 aliphatic rings. The Labute approximate surface area is 166 Å². The summed E-state index contributed by atoms with van der Waals surface area (Å²) in [5, 5.41) is 33.9. The highest BCUT2D eigenvalue weighted by Gasteiger charge is 2.46. The number of carbonyl (C=O) groups excluding carboxylic acids is 2. The Morgan fingerprint density at radius 1 is 1.14 bits per heavy atom. The van der Waals surface area contributed by atoms with Crippen molar-refractivity contribution in [2.24, 2.45) is 0 Å². The van der Waals surface area contributed by atoms with Crippen molar-refractivity contribution < 1.29 is 39.1 Å². The number of esters is 1. The van der Waals surface area contributed by atoms with Crippen LogP contribution in [-0.4, -0.2) is 71.6 Å². The number of aliphatic hydroxyl groups excluding tert-OH is 3. The first-order valence-corrected chi connectivity index (χ1v) is 9.03. The fraction of sp³-hybridized carbons (Fsp3) is 0.400. The molecule has 1 saturated heterocycles. The van der Waals surface area contributed by atoms with Crippen LogP contribution in [0.5, 0.6) is 5.75 Å². The van der Waals surface area contributed by atoms with Gasteiger partial charge in [-0.15, -0.1) is 0 Å². The van der Waals surface area contributed by atoms with Gasteiger partial charge in [-0.3, -0.25) is 4.79 Å². The minimum atomic E-state index is -1.47. The van der Waals surface area contributed by atoms with Crippen molar-refractivity contribution in [3.8, 4) is 5.75 Å². The highest BCUT2D eigenvalue weighted by molar-refractivity contribution is 6.01. The SMILES string of the molecule is COC(=O)c1ccc2ccccc2c1O[C@H]1O[C@@H](CO)[C@@H](O)[C@H](O)[C@@H]1NC(C)=O. The molecule has 1 heterocycles. The average molecular weight is 405 g/mol. The molecule has 5 atom stereocenters. The zero-order valence-corrected chi connectivity index (χ0v) is 15.9. The third kappa shape index (κ3) is 4.18. The van der Waals surface area contributed by atoms with Crippen LogP contribution in [0.15, 0.2) is 36.4 Å². The first kappa shape index (κ1) is 21.0. The molecule has 0 bridgehead atoms. The number of methoxy groups -OCH3 is 1. The summed E-state index contributed by atoms with van der Waals surface area (Å²) in [5.74, 6) is -0.987. The van der Waals surface area contributed by atoms with E-state index in [0.29, 0.717) is 5.39 Å². The van der Waals surface area contributed by atoms with Crippen LogP contribution in [0.1, 0.15) is 17.3 Å². The standard InChI is InChI=1S/C20H23NO8/c1-10(23)21-15-17(25)16(24)14(9-22)28-20(15)29-18-12-6-4-3-5-11(12)7-8-13(18)19(26)27-2/h3-8,14-17,20,22,24-25H,9H2,1-2H3,(H,21,23)/t14-,15-,16+,17+,20+/m0/s1. The topological polar surface area (TPSA) is 135 Å². The molecule has 1 fully saturated rings. The van der Waals surface area contributed by atoms with E-state index in [-0.39, 0.29) is 11.3 Å². The zero-order chi connectivity index (χ0) is 21.1. The Bertz CT molecular complexity index is 901. The summed E-state index contributed by atoms with van der Waals surface area (Å²) in [6.45, 7) is 0.663. The van der Waals surface area contributed by atoms with E-state index >= 15 is 0 Å². The van der Waals surface area contributed by atoms with Crippen LogP contribution in [0.25, 0.3) is 10.8 Å². The third-order valence-corrected chi connectivity index (χ3v) is 4.77. The first-order valence-electron chi connectivity index (χ1n) is 9.03. The molecule has 2 aromatic rings. The number of rotatable bonds is 5. The fourth-order valence-electron chi connectivity index (χ4n) is 3.33. The van der Waals surface area contributed by atoms with Crippen molar-refractivity contribution >= 4 is 22.6 Å². The molecule has 1 aliphatic heterocycles. The Kier molecular flexibility index (Phi) is 6.33. The van der Waals surface area contributed by atoms with Crippen molar-refractivity contribution in [2.45, 2.75) is 37.6 Å². The second-order valence-electron chi connectivity index (χ2n) is 6.71. The second kappa shape index (κ2) is 8.75. The maximum atomic E-state index is 12.3. The molecule has 2 aromatic carbocycles. The van der Waals surface area contributed by atoms with Gasteiger partial charge in [0.25, 0.3) is 0 Å². The molecule has 1 amide bonds. The quantitative estimate of drug-likeness (QED) is 0.509. The van der Waals surface area contributed by atoms with Crippen LogP contribution in [0.4, 0.5) is 0 Å². The van der Waals surface area contributed by atoms with Crippen LogP contribution >= 0.6 is 0 Å². The van der Waals surface area contributed by atoms with E-state index in [2.05, 4.69) is 5.32 Å². The summed E-state index contributed by atoms with van der Waals surface area (Å²) in [7, 11) is 1.24. The largest absolute Gasteiger partial charge is 0.465 e. The van der Waals surface area contributed by atoms with Crippen LogP contribution in [0.2, 0.25) is 0 Å². The van der Waals surface area contributed by atoms with E-state index < -0.39 is 49.1 Å². The van der Waals surface area contributed by atoms with Gasteiger partial charge in [-0.1, -0.05) is 30.3 Å². The molecular formula is C20H23NO8. The Balaban J connectivity index is 2.06. The highest BCUT2D eigenvalue weighted by atomic mass is 16.7. The number of nitrogens with one attached hydrogen (secondary N) is 1. The molecule has 0 aromatic heterocycles. The molecule has 9 heteroatoms. The number of fused-ring (bicyclic) bond motifs is 1. The van der Waals surface area contributed by atoms with Crippen molar-refractivity contribution in [2.75, 3.05) is 13.7 Å². The molecule has 4 N–H and O–H groups in total. The average Bonchev–Trinajstić information content (AvgIpc) is 2.72. The number of benzene rings is 2.